The van der Waals surface area contributed by atoms with Gasteiger partial charge in [-0.25, -0.2) is 21.1 Å². The fraction of sp³-hybridized carbons (Fsp3) is 0.409. The van der Waals surface area contributed by atoms with E-state index in [-0.39, 0.29) is 34.7 Å². The van der Waals surface area contributed by atoms with Crippen molar-refractivity contribution in [1.82, 2.24) is 8.61 Å². The largest absolute Gasteiger partial charge is 0.497 e. The molecule has 0 spiro atoms. The number of benzene rings is 2. The van der Waals surface area contributed by atoms with Gasteiger partial charge >= 0.3 is 0 Å². The molecule has 33 heavy (non-hydrogen) atoms. The quantitative estimate of drug-likeness (QED) is 0.511. The van der Waals surface area contributed by atoms with E-state index in [1.54, 1.807) is 26.0 Å². The summed E-state index contributed by atoms with van der Waals surface area (Å²) < 4.78 is 57.8. The van der Waals surface area contributed by atoms with Crippen LogP contribution < -0.4 is 10.1 Å². The van der Waals surface area contributed by atoms with Gasteiger partial charge in [0.25, 0.3) is 0 Å². The van der Waals surface area contributed by atoms with Crippen molar-refractivity contribution in [1.29, 1.82) is 0 Å². The van der Waals surface area contributed by atoms with Gasteiger partial charge < -0.3 is 10.1 Å². The zero-order chi connectivity index (χ0) is 24.8. The number of ether oxygens (including phenoxy) is 1. The van der Waals surface area contributed by atoms with E-state index >= 15 is 0 Å². The lowest BCUT2D eigenvalue weighted by Gasteiger charge is -2.21. The first kappa shape index (κ1) is 26.8. The summed E-state index contributed by atoms with van der Waals surface area (Å²) in [5.41, 5.74) is 0.463. The van der Waals surface area contributed by atoms with Crippen LogP contribution in [0.15, 0.2) is 58.3 Å². The maximum Gasteiger partial charge on any atom is 0.243 e. The topological polar surface area (TPSA) is 113 Å². The highest BCUT2D eigenvalue weighted by molar-refractivity contribution is 7.89. The molecular weight excluding hydrogens is 466 g/mol. The van der Waals surface area contributed by atoms with Gasteiger partial charge in [0.05, 0.1) is 16.9 Å². The van der Waals surface area contributed by atoms with Crippen molar-refractivity contribution in [2.24, 2.45) is 0 Å². The van der Waals surface area contributed by atoms with Gasteiger partial charge in [0.2, 0.25) is 26.0 Å². The minimum Gasteiger partial charge on any atom is -0.497 e. The van der Waals surface area contributed by atoms with Crippen molar-refractivity contribution in [3.05, 3.63) is 48.5 Å². The van der Waals surface area contributed by atoms with Crippen LogP contribution in [0.2, 0.25) is 0 Å². The molecule has 0 aliphatic heterocycles. The third-order valence-electron chi connectivity index (χ3n) is 5.19. The van der Waals surface area contributed by atoms with Crippen LogP contribution in [0.4, 0.5) is 5.69 Å². The van der Waals surface area contributed by atoms with Crippen LogP contribution in [0.3, 0.4) is 0 Å². The smallest absolute Gasteiger partial charge is 0.243 e. The molecule has 0 aromatic heterocycles. The van der Waals surface area contributed by atoms with Crippen molar-refractivity contribution in [3.63, 3.8) is 0 Å². The van der Waals surface area contributed by atoms with Crippen LogP contribution in [0.1, 0.15) is 26.7 Å². The lowest BCUT2D eigenvalue weighted by Crippen LogP contribution is -2.33. The second-order valence-corrected chi connectivity index (χ2v) is 11.8. The Morgan fingerprint density at radius 3 is 1.94 bits per heavy atom. The van der Waals surface area contributed by atoms with Gasteiger partial charge in [-0.3, -0.25) is 4.79 Å². The predicted molar refractivity (Wildman–Crippen MR) is 127 cm³/mol. The van der Waals surface area contributed by atoms with Gasteiger partial charge in [0.1, 0.15) is 5.75 Å². The van der Waals surface area contributed by atoms with Crippen molar-refractivity contribution >= 4 is 31.6 Å². The number of anilines is 1. The number of carbonyl (C=O) groups excluding carboxylic acids is 1. The summed E-state index contributed by atoms with van der Waals surface area (Å²) in [7, 11) is -2.78. The summed E-state index contributed by atoms with van der Waals surface area (Å²) in [6, 6.07) is 11.9. The number of hydrogen-bond donors (Lipinski definition) is 1. The first-order chi connectivity index (χ1) is 15.4. The number of hydrogen-bond acceptors (Lipinski definition) is 6. The van der Waals surface area contributed by atoms with Crippen LogP contribution >= 0.6 is 0 Å². The molecule has 9 nitrogen and oxygen atoms in total. The third-order valence-corrected chi connectivity index (χ3v) is 9.11. The van der Waals surface area contributed by atoms with Gasteiger partial charge in [0.15, 0.2) is 0 Å². The van der Waals surface area contributed by atoms with Gasteiger partial charge in [-0.1, -0.05) is 0 Å². The normalized spacial score (nSPS) is 12.4. The Morgan fingerprint density at radius 2 is 1.42 bits per heavy atom. The Kier molecular flexibility index (Phi) is 9.01. The zero-order valence-corrected chi connectivity index (χ0v) is 21.1. The molecule has 2 aromatic rings. The van der Waals surface area contributed by atoms with Crippen molar-refractivity contribution in [2.75, 3.05) is 33.1 Å². The molecule has 11 heteroatoms. The number of amides is 1. The van der Waals surface area contributed by atoms with Crippen molar-refractivity contribution < 1.29 is 26.4 Å². The SMILES string of the molecule is COc1ccc(S(=O)(=O)N(C)CCCC(=O)Nc2ccc(S(=O)(=O)N(C)C(C)C)cc2)cc1. The first-order valence-corrected chi connectivity index (χ1v) is 13.3. The number of rotatable bonds is 11. The van der Waals surface area contributed by atoms with Crippen LogP contribution in [0.25, 0.3) is 0 Å². The Balaban J connectivity index is 1.90. The molecule has 0 unspecified atom stereocenters. The molecule has 0 atom stereocenters. The van der Waals surface area contributed by atoms with E-state index in [0.29, 0.717) is 17.9 Å². The molecule has 0 heterocycles. The maximum absolute atomic E-state index is 12.6. The minimum absolute atomic E-state index is 0.110. The number of sulfonamides is 2. The summed E-state index contributed by atoms with van der Waals surface area (Å²) in [5.74, 6) is 0.269. The van der Waals surface area contributed by atoms with Crippen LogP contribution in [-0.2, 0) is 24.8 Å². The Labute approximate surface area is 196 Å². The molecule has 1 amide bonds. The van der Waals surface area contributed by atoms with Gasteiger partial charge in [0, 0.05) is 38.8 Å². The van der Waals surface area contributed by atoms with E-state index < -0.39 is 20.0 Å². The molecule has 1 N–H and O–H groups in total. The summed E-state index contributed by atoms with van der Waals surface area (Å²) in [4.78, 5) is 12.5. The standard InChI is InChI=1S/C22H31N3O6S2/c1-17(2)25(4)33(29,30)21-12-8-18(9-13-21)23-22(26)7-6-16-24(3)32(27,28)20-14-10-19(31-5)11-15-20/h8-15,17H,6-7,16H2,1-5H3,(H,23,26). The fourth-order valence-electron chi connectivity index (χ4n) is 2.89. The molecule has 0 aliphatic rings. The van der Waals surface area contributed by atoms with Gasteiger partial charge in [-0.15, -0.1) is 0 Å². The number of carbonyl (C=O) groups is 1. The monoisotopic (exact) mass is 497 g/mol. The molecule has 0 radical (unpaired) electrons. The molecule has 2 aromatic carbocycles. The van der Waals surface area contributed by atoms with E-state index in [1.165, 1.54) is 66.2 Å². The summed E-state index contributed by atoms with van der Waals surface area (Å²) in [6.07, 6.45) is 0.433. The lowest BCUT2D eigenvalue weighted by atomic mass is 10.2. The highest BCUT2D eigenvalue weighted by Crippen LogP contribution is 2.20. The fourth-order valence-corrected chi connectivity index (χ4v) is 5.46. The number of nitrogens with zero attached hydrogens (tertiary/aromatic N) is 2. The number of nitrogens with one attached hydrogen (secondary N) is 1. The van der Waals surface area contributed by atoms with E-state index in [0.717, 1.165) is 0 Å². The van der Waals surface area contributed by atoms with E-state index in [9.17, 15) is 21.6 Å². The molecule has 182 valence electrons. The summed E-state index contributed by atoms with van der Waals surface area (Å²) >= 11 is 0. The Morgan fingerprint density at radius 1 is 0.909 bits per heavy atom. The van der Waals surface area contributed by atoms with E-state index in [4.69, 9.17) is 4.74 Å². The molecular formula is C22H31N3O6S2. The average molecular weight is 498 g/mol. The van der Waals surface area contributed by atoms with Crippen LogP contribution in [-0.4, -0.2) is 65.1 Å². The molecule has 0 aliphatic carbocycles. The highest BCUT2D eigenvalue weighted by atomic mass is 32.2. The third kappa shape index (κ3) is 6.76. The number of methoxy groups -OCH3 is 1. The maximum atomic E-state index is 12.6. The van der Waals surface area contributed by atoms with Crippen molar-refractivity contribution in [2.45, 2.75) is 42.5 Å². The minimum atomic E-state index is -3.67. The molecule has 0 saturated carbocycles. The van der Waals surface area contributed by atoms with Gasteiger partial charge in [-0.2, -0.15) is 4.31 Å². The van der Waals surface area contributed by atoms with Crippen molar-refractivity contribution in [3.8, 4) is 5.75 Å². The Hall–Kier alpha value is -2.47. The molecule has 2 rings (SSSR count). The van der Waals surface area contributed by atoms with Crippen LogP contribution in [0, 0.1) is 0 Å². The Bertz CT molecular complexity index is 1150. The van der Waals surface area contributed by atoms with Crippen LogP contribution in [0.5, 0.6) is 5.75 Å². The predicted octanol–water partition coefficient (Wildman–Crippen LogP) is 2.76. The lowest BCUT2D eigenvalue weighted by molar-refractivity contribution is -0.116. The average Bonchev–Trinajstić information content (AvgIpc) is 2.78. The molecule has 0 fully saturated rings. The molecule has 0 saturated heterocycles. The van der Waals surface area contributed by atoms with Gasteiger partial charge in [-0.05, 0) is 68.8 Å². The summed E-state index contributed by atoms with van der Waals surface area (Å²) in [6.45, 7) is 3.73. The van der Waals surface area contributed by atoms with E-state index in [2.05, 4.69) is 5.32 Å². The zero-order valence-electron chi connectivity index (χ0n) is 19.5. The highest BCUT2D eigenvalue weighted by Gasteiger charge is 2.23. The summed E-state index contributed by atoms with van der Waals surface area (Å²) in [5, 5.41) is 2.70. The second kappa shape index (κ2) is 11.1. The first-order valence-electron chi connectivity index (χ1n) is 10.4. The second-order valence-electron chi connectivity index (χ2n) is 7.79. The molecule has 0 bridgehead atoms. The van der Waals surface area contributed by atoms with E-state index in [1.807, 2.05) is 0 Å².